The summed E-state index contributed by atoms with van der Waals surface area (Å²) < 4.78 is 42.5. The normalized spacial score (nSPS) is 12.7. The number of sulfonamides is 1. The third-order valence-electron chi connectivity index (χ3n) is 3.95. The van der Waals surface area contributed by atoms with Gasteiger partial charge in [-0.05, 0) is 30.7 Å². The van der Waals surface area contributed by atoms with Crippen LogP contribution in [-0.4, -0.2) is 8.42 Å². The molecule has 3 nitrogen and oxygen atoms in total. The molecule has 1 unspecified atom stereocenters. The maximum Gasteiger partial charge on any atom is 0.241 e. The molecule has 0 heterocycles. The molecule has 0 aliphatic carbocycles. The quantitative estimate of drug-likeness (QED) is 0.745. The average Bonchev–Trinajstić information content (AvgIpc) is 2.61. The van der Waals surface area contributed by atoms with Gasteiger partial charge in [-0.3, -0.25) is 0 Å². The van der Waals surface area contributed by atoms with Crippen molar-refractivity contribution in [3.63, 3.8) is 0 Å². The number of hydrogen-bond donors (Lipinski definition) is 1. The van der Waals surface area contributed by atoms with Crippen molar-refractivity contribution in [3.8, 4) is 0 Å². The van der Waals surface area contributed by atoms with Gasteiger partial charge in [-0.15, -0.1) is 0 Å². The fraction of sp³-hybridized carbons (Fsp3) is 0.100. The molecule has 0 aromatic heterocycles. The molecular formula is C20H18FNO2S. The van der Waals surface area contributed by atoms with Gasteiger partial charge in [-0.2, -0.15) is 4.72 Å². The summed E-state index contributed by atoms with van der Waals surface area (Å²) in [4.78, 5) is 0.148. The number of hydrogen-bond acceptors (Lipinski definition) is 2. The lowest BCUT2D eigenvalue weighted by molar-refractivity contribution is 0.558. The first-order valence-electron chi connectivity index (χ1n) is 7.86. The SMILES string of the molecule is Cc1ccc(S(=O)(=O)NC(c2ccccc2)c2ccccc2F)cc1. The van der Waals surface area contributed by atoms with E-state index in [0.717, 1.165) is 5.56 Å². The molecule has 0 aliphatic heterocycles. The molecule has 25 heavy (non-hydrogen) atoms. The molecule has 1 N–H and O–H groups in total. The highest BCUT2D eigenvalue weighted by Crippen LogP contribution is 2.26. The molecule has 0 bridgehead atoms. The van der Waals surface area contributed by atoms with Gasteiger partial charge in [-0.25, -0.2) is 12.8 Å². The molecule has 1 atom stereocenters. The fourth-order valence-corrected chi connectivity index (χ4v) is 3.81. The second-order valence-corrected chi connectivity index (χ2v) is 7.51. The maximum absolute atomic E-state index is 14.3. The van der Waals surface area contributed by atoms with Gasteiger partial charge in [0.05, 0.1) is 10.9 Å². The van der Waals surface area contributed by atoms with E-state index < -0.39 is 21.9 Å². The number of nitrogens with one attached hydrogen (secondary N) is 1. The van der Waals surface area contributed by atoms with Crippen LogP contribution in [-0.2, 0) is 10.0 Å². The zero-order chi connectivity index (χ0) is 17.9. The summed E-state index contributed by atoms with van der Waals surface area (Å²) in [5.74, 6) is -0.456. The second-order valence-electron chi connectivity index (χ2n) is 5.80. The van der Waals surface area contributed by atoms with E-state index in [1.807, 2.05) is 13.0 Å². The van der Waals surface area contributed by atoms with Crippen molar-refractivity contribution in [2.45, 2.75) is 17.9 Å². The van der Waals surface area contributed by atoms with Crippen LogP contribution in [0, 0.1) is 12.7 Å². The smallest absolute Gasteiger partial charge is 0.207 e. The minimum atomic E-state index is -3.81. The topological polar surface area (TPSA) is 46.2 Å². The van der Waals surface area contributed by atoms with Crippen LogP contribution < -0.4 is 4.72 Å². The Kier molecular flexibility index (Phi) is 4.97. The lowest BCUT2D eigenvalue weighted by Crippen LogP contribution is -2.30. The van der Waals surface area contributed by atoms with Gasteiger partial charge in [0.2, 0.25) is 10.0 Å². The van der Waals surface area contributed by atoms with Crippen molar-refractivity contribution < 1.29 is 12.8 Å². The number of rotatable bonds is 5. The van der Waals surface area contributed by atoms with E-state index >= 15 is 0 Å². The van der Waals surface area contributed by atoms with Crippen LogP contribution in [0.2, 0.25) is 0 Å². The molecule has 5 heteroatoms. The molecule has 0 spiro atoms. The minimum Gasteiger partial charge on any atom is -0.207 e. The number of halogens is 1. The van der Waals surface area contributed by atoms with Gasteiger partial charge >= 0.3 is 0 Å². The van der Waals surface area contributed by atoms with E-state index in [1.165, 1.54) is 6.07 Å². The molecule has 3 rings (SSSR count). The van der Waals surface area contributed by atoms with Gasteiger partial charge < -0.3 is 0 Å². The summed E-state index contributed by atoms with van der Waals surface area (Å²) >= 11 is 0. The van der Waals surface area contributed by atoms with Crippen LogP contribution >= 0.6 is 0 Å². The standard InChI is InChI=1S/C20H18FNO2S/c1-15-11-13-17(14-12-15)25(23,24)22-20(16-7-3-2-4-8-16)18-9-5-6-10-19(18)21/h2-14,20,22H,1H3. The van der Waals surface area contributed by atoms with Crippen LogP contribution in [0.25, 0.3) is 0 Å². The highest BCUT2D eigenvalue weighted by atomic mass is 32.2. The first kappa shape index (κ1) is 17.3. The predicted octanol–water partition coefficient (Wildman–Crippen LogP) is 4.20. The van der Waals surface area contributed by atoms with E-state index in [1.54, 1.807) is 66.7 Å². The summed E-state index contributed by atoms with van der Waals surface area (Å²) in [6, 6.07) is 20.9. The van der Waals surface area contributed by atoms with Crippen molar-refractivity contribution in [1.82, 2.24) is 4.72 Å². The molecule has 0 saturated heterocycles. The van der Waals surface area contributed by atoms with Crippen LogP contribution in [0.3, 0.4) is 0 Å². The van der Waals surface area contributed by atoms with E-state index in [2.05, 4.69) is 4.72 Å². The maximum atomic E-state index is 14.3. The summed E-state index contributed by atoms with van der Waals surface area (Å²) in [5.41, 5.74) is 1.92. The summed E-state index contributed by atoms with van der Waals surface area (Å²) in [6.45, 7) is 1.88. The van der Waals surface area contributed by atoms with Crippen molar-refractivity contribution in [3.05, 3.63) is 101 Å². The van der Waals surface area contributed by atoms with E-state index in [0.29, 0.717) is 5.56 Å². The van der Waals surface area contributed by atoms with Crippen molar-refractivity contribution in [2.24, 2.45) is 0 Å². The Balaban J connectivity index is 2.04. The Morgan fingerprint density at radius 2 is 1.44 bits per heavy atom. The Labute approximate surface area is 147 Å². The van der Waals surface area contributed by atoms with Crippen LogP contribution in [0.1, 0.15) is 22.7 Å². The lowest BCUT2D eigenvalue weighted by Gasteiger charge is -2.20. The van der Waals surface area contributed by atoms with Crippen molar-refractivity contribution in [1.29, 1.82) is 0 Å². The van der Waals surface area contributed by atoms with Crippen LogP contribution in [0.5, 0.6) is 0 Å². The van der Waals surface area contributed by atoms with E-state index in [-0.39, 0.29) is 10.5 Å². The van der Waals surface area contributed by atoms with E-state index in [9.17, 15) is 12.8 Å². The molecule has 0 radical (unpaired) electrons. The first-order chi connectivity index (χ1) is 12.0. The molecule has 0 amide bonds. The Morgan fingerprint density at radius 1 is 0.840 bits per heavy atom. The zero-order valence-corrected chi connectivity index (χ0v) is 14.5. The summed E-state index contributed by atoms with van der Waals surface area (Å²) in [7, 11) is -3.81. The van der Waals surface area contributed by atoms with Gasteiger partial charge in [0.1, 0.15) is 5.82 Å². The summed E-state index contributed by atoms with van der Waals surface area (Å²) in [6.07, 6.45) is 0. The van der Waals surface area contributed by atoms with Gasteiger partial charge in [0.25, 0.3) is 0 Å². The first-order valence-corrected chi connectivity index (χ1v) is 9.34. The molecular weight excluding hydrogens is 337 g/mol. The molecule has 0 fully saturated rings. The summed E-state index contributed by atoms with van der Waals surface area (Å²) in [5, 5.41) is 0. The molecule has 3 aromatic carbocycles. The minimum absolute atomic E-state index is 0.148. The Morgan fingerprint density at radius 3 is 2.08 bits per heavy atom. The molecule has 0 aliphatic rings. The Hall–Kier alpha value is -2.50. The van der Waals surface area contributed by atoms with Gasteiger partial charge in [0, 0.05) is 5.56 Å². The number of benzene rings is 3. The van der Waals surface area contributed by atoms with Crippen molar-refractivity contribution in [2.75, 3.05) is 0 Å². The van der Waals surface area contributed by atoms with Gasteiger partial charge in [0.15, 0.2) is 0 Å². The Bertz CT molecular complexity index is 955. The lowest BCUT2D eigenvalue weighted by atomic mass is 9.99. The number of aryl methyl sites for hydroxylation is 1. The molecule has 0 saturated carbocycles. The van der Waals surface area contributed by atoms with Crippen LogP contribution in [0.4, 0.5) is 4.39 Å². The van der Waals surface area contributed by atoms with E-state index in [4.69, 9.17) is 0 Å². The largest absolute Gasteiger partial charge is 0.241 e. The predicted molar refractivity (Wildman–Crippen MR) is 96.2 cm³/mol. The van der Waals surface area contributed by atoms with Crippen LogP contribution in [0.15, 0.2) is 83.8 Å². The monoisotopic (exact) mass is 355 g/mol. The second kappa shape index (κ2) is 7.17. The third-order valence-corrected chi connectivity index (χ3v) is 5.39. The zero-order valence-electron chi connectivity index (χ0n) is 13.7. The fourth-order valence-electron chi connectivity index (χ4n) is 2.61. The molecule has 3 aromatic rings. The third kappa shape index (κ3) is 3.95. The molecule has 128 valence electrons. The highest BCUT2D eigenvalue weighted by Gasteiger charge is 2.24. The highest BCUT2D eigenvalue weighted by molar-refractivity contribution is 7.89. The average molecular weight is 355 g/mol. The van der Waals surface area contributed by atoms with Gasteiger partial charge in [-0.1, -0.05) is 66.2 Å². The van der Waals surface area contributed by atoms with Crippen molar-refractivity contribution >= 4 is 10.0 Å².